The molecule has 2 unspecified atom stereocenters. The molecule has 0 aromatic heterocycles. The molecule has 0 fully saturated rings. The highest BCUT2D eigenvalue weighted by Crippen LogP contribution is 2.42. The van der Waals surface area contributed by atoms with Gasteiger partial charge in [-0.2, -0.15) is 0 Å². The minimum absolute atomic E-state index is 0.0184. The van der Waals surface area contributed by atoms with Gasteiger partial charge in [0, 0.05) is 137 Å². The van der Waals surface area contributed by atoms with E-state index in [2.05, 4.69) is 36.4 Å². The van der Waals surface area contributed by atoms with Crippen molar-refractivity contribution in [3.8, 4) is 23.0 Å². The van der Waals surface area contributed by atoms with Gasteiger partial charge < -0.3 is 64.3 Å². The summed E-state index contributed by atoms with van der Waals surface area (Å²) in [6.07, 6.45) is 27.8. The highest BCUT2D eigenvalue weighted by molar-refractivity contribution is 6.15. The van der Waals surface area contributed by atoms with E-state index in [1.807, 2.05) is 142 Å². The number of carboxylic acid groups (broad SMARTS) is 1. The van der Waals surface area contributed by atoms with Gasteiger partial charge in [0.05, 0.1) is 75.0 Å². The second kappa shape index (κ2) is 51.9. The number of aliphatic carboxylic acids is 1. The molecule has 6 aliphatic heterocycles. The Kier molecular flexibility index (Phi) is 42.6. The number of carbonyl (C=O) groups excluding carboxylic acids is 10. The van der Waals surface area contributed by atoms with Crippen molar-refractivity contribution in [1.82, 2.24) is 34.3 Å². The van der Waals surface area contributed by atoms with Crippen LogP contribution in [0.4, 0.5) is 17.1 Å². The predicted molar refractivity (Wildman–Crippen MR) is 472 cm³/mol. The first-order valence-corrected chi connectivity index (χ1v) is 42.7. The van der Waals surface area contributed by atoms with Crippen LogP contribution in [-0.4, -0.2) is 251 Å². The summed E-state index contributed by atoms with van der Waals surface area (Å²) in [6.45, 7) is 10.1. The number of fused-ring (bicyclic) bond motifs is 4. The number of amides is 7. The molecule has 0 saturated heterocycles. The average molecular weight is 1690 g/mol. The van der Waals surface area contributed by atoms with Crippen molar-refractivity contribution in [3.05, 3.63) is 137 Å². The van der Waals surface area contributed by atoms with Crippen molar-refractivity contribution in [1.29, 1.82) is 0 Å². The summed E-state index contributed by atoms with van der Waals surface area (Å²) in [5, 5.41) is 12.3. The SMILES string of the molecule is CC.CCl.CN(C)CCCCC(CC(=O)CCCCCN1C(=O)C=CC1=O)C(=O)O.COC(=O)[C@@H](N)CCCCN(C)C.COc1ccc(C2=CN3C(=O)c4cc(C)c(OCCCOc5cc6c(cc5OC)C(=O)N5C=C(c7ccc(NC(=O)C(CCCCN(C)C)CC(=O)CCCCCN8C(=O)C=CC8=O)cc7)C[C@H]5C=N6)cc4N=C[C@@H]3C2)cc1. The standard InChI is InChI=1S/C61H67N7O10.C19H30N2O5.C9H20N2O2.C2H6.CH3Cl/c1-39-28-50-52(62-35-46-30-44(38-67(46)60(50)73)41-16-20-49(75-4)21-17-41)33-54(39)77-26-11-27-78-56-34-53-51(32-55(56)76-5)61(74)68-37-43(29-47(68)36-63-53)40-14-18-45(19-15-40)64-59(72)42(12-8-10-24-65(2)3)31-48(69)13-7-6-9-25-66-57(70)22-23-58(66)71;1-20(2)12-7-5-8-15(19(25)26)14-16(22)9-4-3-6-13-21-17(23)10-11-18(21)24;1-11(2)7-5-4-6-8(10)9(12)13-3;2*1-2/h14-23,28,32-38,42,46-47H,6-13,24-27,29-31H2,1-5H3,(H,64,72);10-11,15H,3-9,12-14H2,1-2H3,(H,25,26);8H,4-7,10H2,1-3H3;1-2H3;1H3/t42?,46-,47-;;8-;;/m0.0../s1. The molecule has 0 aliphatic carbocycles. The van der Waals surface area contributed by atoms with Crippen LogP contribution in [0.25, 0.3) is 11.1 Å². The first-order chi connectivity index (χ1) is 58.1. The summed E-state index contributed by atoms with van der Waals surface area (Å²) in [5.74, 6) is -1.77. The fourth-order valence-corrected chi connectivity index (χ4v) is 14.3. The zero-order chi connectivity index (χ0) is 88.7. The van der Waals surface area contributed by atoms with Crippen LogP contribution in [-0.2, 0) is 47.9 Å². The predicted octanol–water partition coefficient (Wildman–Crippen LogP) is 13.5. The molecule has 0 radical (unpaired) electrons. The van der Waals surface area contributed by atoms with Crippen molar-refractivity contribution in [2.75, 3.05) is 121 Å². The third-order valence-corrected chi connectivity index (χ3v) is 21.1. The number of ketones is 2. The van der Waals surface area contributed by atoms with Gasteiger partial charge in [-0.1, -0.05) is 70.2 Å². The maximum atomic E-state index is 14.2. The van der Waals surface area contributed by atoms with Crippen molar-refractivity contribution >= 4 is 117 Å². The lowest BCUT2D eigenvalue weighted by molar-refractivity contribution is -0.144. The van der Waals surface area contributed by atoms with Crippen molar-refractivity contribution in [2.24, 2.45) is 27.6 Å². The van der Waals surface area contributed by atoms with Gasteiger partial charge in [0.15, 0.2) is 11.5 Å². The number of Topliss-reactive ketones (excluding diaryl/α,β-unsaturated/α-hetero) is 2. The number of esters is 1. The van der Waals surface area contributed by atoms with Crippen LogP contribution in [0.5, 0.6) is 23.0 Å². The number of nitrogens with two attached hydrogens (primary N) is 1. The number of nitrogens with one attached hydrogen (secondary N) is 1. The number of aryl methyl sites for hydroxylation is 1. The Morgan fingerprint density at radius 1 is 0.529 bits per heavy atom. The zero-order valence-corrected chi connectivity index (χ0v) is 73.7. The molecule has 658 valence electrons. The molecule has 4 aromatic rings. The molecule has 6 heterocycles. The third-order valence-electron chi connectivity index (χ3n) is 21.1. The topological polar surface area (TPSA) is 340 Å². The van der Waals surface area contributed by atoms with E-state index in [-0.39, 0.29) is 83.8 Å². The zero-order valence-electron chi connectivity index (χ0n) is 72.9. The first kappa shape index (κ1) is 99.3. The maximum Gasteiger partial charge on any atom is 0.322 e. The maximum absolute atomic E-state index is 14.2. The van der Waals surface area contributed by atoms with Crippen molar-refractivity contribution < 1.29 is 81.5 Å². The van der Waals surface area contributed by atoms with Crippen LogP contribution in [0.15, 0.2) is 119 Å². The van der Waals surface area contributed by atoms with Gasteiger partial charge in [-0.25, -0.2) is 0 Å². The number of rotatable bonds is 45. The summed E-state index contributed by atoms with van der Waals surface area (Å²) in [7, 11) is 16.6. The molecule has 4 N–H and O–H groups in total. The molecule has 28 nitrogen and oxygen atoms in total. The molecule has 4 aromatic carbocycles. The smallest absolute Gasteiger partial charge is 0.322 e. The van der Waals surface area contributed by atoms with Gasteiger partial charge in [0.2, 0.25) is 5.91 Å². The fourth-order valence-electron chi connectivity index (χ4n) is 14.3. The van der Waals surface area contributed by atoms with Crippen LogP contribution in [0, 0.1) is 18.8 Å². The summed E-state index contributed by atoms with van der Waals surface area (Å²) < 4.78 is 27.9. The Labute approximate surface area is 718 Å². The normalized spacial score (nSPS) is 16.0. The third kappa shape index (κ3) is 31.5. The molecule has 121 heavy (non-hydrogen) atoms. The molecule has 0 bridgehead atoms. The fraction of sp³-hybridized carbons (Fsp3) is 0.511. The molecule has 5 atom stereocenters. The molecule has 29 heteroatoms. The van der Waals surface area contributed by atoms with Crippen molar-refractivity contribution in [2.45, 2.75) is 180 Å². The van der Waals surface area contributed by atoms with E-state index < -0.39 is 23.8 Å². The number of ether oxygens (including phenoxy) is 5. The van der Waals surface area contributed by atoms with Gasteiger partial charge in [-0.3, -0.25) is 72.5 Å². The number of carboxylic acids is 1. The van der Waals surface area contributed by atoms with Crippen LogP contribution in [0.1, 0.15) is 193 Å². The number of benzene rings is 4. The average Bonchev–Trinajstić information content (AvgIpc) is 1.64. The number of hydrogen-bond donors (Lipinski definition) is 3. The minimum atomic E-state index is -0.901. The number of aliphatic imine (C=N–C) groups is 2. The Morgan fingerprint density at radius 3 is 1.40 bits per heavy atom. The lowest BCUT2D eigenvalue weighted by Crippen LogP contribution is -2.32. The van der Waals surface area contributed by atoms with Gasteiger partial charge in [-0.15, -0.1) is 11.6 Å². The van der Waals surface area contributed by atoms with E-state index in [0.29, 0.717) is 155 Å². The van der Waals surface area contributed by atoms with Crippen LogP contribution >= 0.6 is 11.6 Å². The number of methoxy groups -OCH3 is 3. The van der Waals surface area contributed by atoms with E-state index in [1.165, 1.54) is 54.7 Å². The Balaban J connectivity index is 0.000000432. The van der Waals surface area contributed by atoms with Crippen LogP contribution in [0.2, 0.25) is 0 Å². The summed E-state index contributed by atoms with van der Waals surface area (Å²) in [6, 6.07) is 21.4. The number of imide groups is 2. The number of nitrogens with zero attached hydrogens (tertiary/aromatic N) is 9. The summed E-state index contributed by atoms with van der Waals surface area (Å²) in [4.78, 5) is 157. The number of halogens is 1. The highest BCUT2D eigenvalue weighted by atomic mass is 35.5. The van der Waals surface area contributed by atoms with Gasteiger partial charge in [0.1, 0.15) is 29.1 Å². The number of alkyl halides is 1. The van der Waals surface area contributed by atoms with Crippen LogP contribution in [0.3, 0.4) is 0 Å². The lowest BCUT2D eigenvalue weighted by Gasteiger charge is -2.19. The molecule has 7 amide bonds. The van der Waals surface area contributed by atoms with E-state index in [4.69, 9.17) is 34.7 Å². The number of carbonyl (C=O) groups is 11. The van der Waals surface area contributed by atoms with Gasteiger partial charge in [0.25, 0.3) is 35.4 Å². The van der Waals surface area contributed by atoms with E-state index in [0.717, 1.165) is 98.2 Å². The first-order valence-electron chi connectivity index (χ1n) is 42.0. The van der Waals surface area contributed by atoms with Crippen LogP contribution < -0.4 is 30.0 Å². The Morgan fingerprint density at radius 2 is 0.959 bits per heavy atom. The van der Waals surface area contributed by atoms with Gasteiger partial charge in [-0.05, 0) is 197 Å². The quantitative estimate of drug-likeness (QED) is 0.0160. The van der Waals surface area contributed by atoms with Gasteiger partial charge >= 0.3 is 11.9 Å². The van der Waals surface area contributed by atoms with E-state index >= 15 is 0 Å². The molecular weight excluding hydrogens is 1570 g/mol. The largest absolute Gasteiger partial charge is 0.497 e. The highest BCUT2D eigenvalue weighted by Gasteiger charge is 2.36. The second-order valence-electron chi connectivity index (χ2n) is 31.0. The molecule has 0 spiro atoms. The van der Waals surface area contributed by atoms with E-state index in [1.54, 1.807) is 35.3 Å². The molecule has 10 rings (SSSR count). The number of unbranched alkanes of at least 4 members (excludes halogenated alkanes) is 7. The Bertz CT molecular complexity index is 4310. The van der Waals surface area contributed by atoms with E-state index in [9.17, 15) is 57.8 Å². The number of hydrogen-bond acceptors (Lipinski definition) is 22. The Hall–Kier alpha value is -10.5. The summed E-state index contributed by atoms with van der Waals surface area (Å²) >= 11 is 4.64. The van der Waals surface area contributed by atoms with Crippen molar-refractivity contribution in [3.63, 3.8) is 0 Å². The second-order valence-corrected chi connectivity index (χ2v) is 31.0. The summed E-state index contributed by atoms with van der Waals surface area (Å²) in [5.41, 5.74) is 12.9. The monoisotopic (exact) mass is 1690 g/mol. The molecule has 0 saturated carbocycles. The molecule has 6 aliphatic rings. The minimum Gasteiger partial charge on any atom is -0.497 e. The number of anilines is 1. The molecular formula is C92H126ClN11O17. The lowest BCUT2D eigenvalue weighted by atomic mass is 9.93.